The first kappa shape index (κ1) is 16.2. The summed E-state index contributed by atoms with van der Waals surface area (Å²) >= 11 is 0. The number of urea groups is 1. The van der Waals surface area contributed by atoms with Gasteiger partial charge in [-0.2, -0.15) is 0 Å². The molecular formula is C17H25N5O3. The molecule has 0 aromatic carbocycles. The maximum atomic E-state index is 12.5. The number of ether oxygens (including phenoxy) is 1. The molecule has 2 aliphatic heterocycles. The predicted molar refractivity (Wildman–Crippen MR) is 90.0 cm³/mol. The summed E-state index contributed by atoms with van der Waals surface area (Å²) in [5.41, 5.74) is 0.624. The zero-order valence-electron chi connectivity index (χ0n) is 14.6. The Labute approximate surface area is 147 Å². The average Bonchev–Trinajstić information content (AvgIpc) is 3.30. The molecule has 1 spiro atoms. The lowest BCUT2D eigenvalue weighted by molar-refractivity contribution is 0.0453. The van der Waals surface area contributed by atoms with Crippen LogP contribution in [0.25, 0.3) is 0 Å². The fraction of sp³-hybridized carbons (Fsp3) is 0.706. The van der Waals surface area contributed by atoms with Crippen molar-refractivity contribution in [1.29, 1.82) is 0 Å². The fourth-order valence-corrected chi connectivity index (χ4v) is 3.85. The molecule has 136 valence electrons. The second-order valence-corrected chi connectivity index (χ2v) is 7.43. The Hall–Kier alpha value is -2.25. The van der Waals surface area contributed by atoms with Crippen molar-refractivity contribution in [3.8, 4) is 0 Å². The topological polar surface area (TPSA) is 79.7 Å². The number of nitrogens with zero attached hydrogens (tertiary/aromatic N) is 4. The van der Waals surface area contributed by atoms with Gasteiger partial charge in [0.05, 0.1) is 25.1 Å². The summed E-state index contributed by atoms with van der Waals surface area (Å²) in [6.45, 7) is 2.40. The quantitative estimate of drug-likeness (QED) is 0.903. The lowest BCUT2D eigenvalue weighted by Crippen LogP contribution is -2.41. The van der Waals surface area contributed by atoms with Gasteiger partial charge < -0.3 is 24.4 Å². The van der Waals surface area contributed by atoms with Crippen LogP contribution < -0.4 is 5.32 Å². The van der Waals surface area contributed by atoms with Crippen molar-refractivity contribution in [1.82, 2.24) is 24.7 Å². The van der Waals surface area contributed by atoms with Crippen molar-refractivity contribution < 1.29 is 14.3 Å². The molecule has 3 aliphatic rings. The van der Waals surface area contributed by atoms with Crippen LogP contribution in [0.1, 0.15) is 43.8 Å². The number of likely N-dealkylation sites (tertiary alicyclic amines) is 1. The van der Waals surface area contributed by atoms with E-state index in [-0.39, 0.29) is 12.1 Å². The molecule has 3 fully saturated rings. The first-order valence-electron chi connectivity index (χ1n) is 9.04. The normalized spacial score (nSPS) is 26.7. The molecule has 3 heterocycles. The minimum absolute atomic E-state index is 0.0572. The number of rotatable bonds is 3. The highest BCUT2D eigenvalue weighted by Gasteiger charge is 2.44. The molecule has 1 aromatic heterocycles. The molecule has 1 aromatic rings. The first-order chi connectivity index (χ1) is 12.1. The van der Waals surface area contributed by atoms with E-state index in [4.69, 9.17) is 4.74 Å². The largest absolute Gasteiger partial charge is 0.441 e. The molecule has 2 saturated heterocycles. The summed E-state index contributed by atoms with van der Waals surface area (Å²) < 4.78 is 7.75. The summed E-state index contributed by atoms with van der Waals surface area (Å²) in [6.07, 6.45) is 8.14. The number of carbonyl (C=O) groups is 2. The molecule has 0 radical (unpaired) electrons. The van der Waals surface area contributed by atoms with Gasteiger partial charge in [-0.1, -0.05) is 0 Å². The molecule has 25 heavy (non-hydrogen) atoms. The lowest BCUT2D eigenvalue weighted by atomic mass is 9.95. The summed E-state index contributed by atoms with van der Waals surface area (Å²) in [6, 6.07) is 0.500. The van der Waals surface area contributed by atoms with Gasteiger partial charge in [0.25, 0.3) is 0 Å². The van der Waals surface area contributed by atoms with E-state index in [1.807, 2.05) is 17.4 Å². The van der Waals surface area contributed by atoms with Crippen LogP contribution in [0.15, 0.2) is 12.5 Å². The van der Waals surface area contributed by atoms with Gasteiger partial charge in [-0.05, 0) is 25.7 Å². The van der Waals surface area contributed by atoms with Crippen molar-refractivity contribution in [3.63, 3.8) is 0 Å². The Morgan fingerprint density at radius 2 is 2.24 bits per heavy atom. The van der Waals surface area contributed by atoms with Crippen LogP contribution in [0.4, 0.5) is 9.59 Å². The first-order valence-corrected chi connectivity index (χ1v) is 9.04. The summed E-state index contributed by atoms with van der Waals surface area (Å²) in [5, 5.41) is 3.01. The Morgan fingerprint density at radius 1 is 1.40 bits per heavy atom. The zero-order chi connectivity index (χ0) is 17.4. The van der Waals surface area contributed by atoms with Gasteiger partial charge in [0, 0.05) is 38.8 Å². The number of hydrogen-bond donors (Lipinski definition) is 1. The minimum Gasteiger partial charge on any atom is -0.441 e. The molecule has 1 N–H and O–H groups in total. The van der Waals surface area contributed by atoms with Gasteiger partial charge in [-0.15, -0.1) is 0 Å². The molecule has 1 atom stereocenters. The molecular weight excluding hydrogens is 322 g/mol. The Balaban J connectivity index is 1.32. The second-order valence-electron chi connectivity index (χ2n) is 7.43. The Kier molecular flexibility index (Phi) is 4.05. The van der Waals surface area contributed by atoms with Crippen molar-refractivity contribution in [2.75, 3.05) is 26.7 Å². The minimum atomic E-state index is -0.425. The van der Waals surface area contributed by atoms with Crippen molar-refractivity contribution in [3.05, 3.63) is 18.2 Å². The van der Waals surface area contributed by atoms with Gasteiger partial charge in [0.15, 0.2) is 0 Å². The highest BCUT2D eigenvalue weighted by molar-refractivity contribution is 5.74. The molecule has 3 amide bonds. The van der Waals surface area contributed by atoms with Crippen LogP contribution in [-0.4, -0.2) is 63.8 Å². The Bertz CT molecular complexity index is 671. The van der Waals surface area contributed by atoms with Crippen LogP contribution in [-0.2, 0) is 11.3 Å². The maximum absolute atomic E-state index is 12.5. The van der Waals surface area contributed by atoms with E-state index in [0.717, 1.165) is 18.5 Å². The number of nitrogens with one attached hydrogen (secondary N) is 1. The number of amides is 3. The fourth-order valence-electron chi connectivity index (χ4n) is 3.85. The standard InChI is InChI=1S/C17H25N5O3/c1-20-11-17(25-16(20)24)5-2-7-21(8-6-17)15(23)19-10-14-9-18-12-22(14)13-3-4-13/h9,12-13H,2-8,10-11H2,1H3,(H,19,23)/t17-/m0/s1. The molecule has 4 rings (SSSR count). The second kappa shape index (κ2) is 6.24. The molecule has 1 saturated carbocycles. The SMILES string of the molecule is CN1C[C@@]2(CCCN(C(=O)NCc3cncn3C3CC3)CC2)OC1=O. The van der Waals surface area contributed by atoms with E-state index in [0.29, 0.717) is 38.6 Å². The highest BCUT2D eigenvalue weighted by Crippen LogP contribution is 2.35. The van der Waals surface area contributed by atoms with Crippen molar-refractivity contribution in [2.45, 2.75) is 50.3 Å². The highest BCUT2D eigenvalue weighted by atomic mass is 16.6. The van der Waals surface area contributed by atoms with Crippen LogP contribution in [0.3, 0.4) is 0 Å². The van der Waals surface area contributed by atoms with Gasteiger partial charge in [-0.25, -0.2) is 14.6 Å². The number of aromatic nitrogens is 2. The number of likely N-dealkylation sites (N-methyl/N-ethyl adjacent to an activating group) is 1. The van der Waals surface area contributed by atoms with Crippen molar-refractivity contribution in [2.24, 2.45) is 0 Å². The molecule has 8 heteroatoms. The smallest absolute Gasteiger partial charge is 0.410 e. The molecule has 0 bridgehead atoms. The van der Waals surface area contributed by atoms with Crippen LogP contribution in [0.5, 0.6) is 0 Å². The summed E-state index contributed by atoms with van der Waals surface area (Å²) in [4.78, 5) is 31.9. The van der Waals surface area contributed by atoms with Crippen LogP contribution in [0, 0.1) is 0 Å². The van der Waals surface area contributed by atoms with Crippen LogP contribution in [0.2, 0.25) is 0 Å². The number of hydrogen-bond acceptors (Lipinski definition) is 4. The van der Waals surface area contributed by atoms with Gasteiger partial charge >= 0.3 is 12.1 Å². The van der Waals surface area contributed by atoms with E-state index in [2.05, 4.69) is 14.9 Å². The summed E-state index contributed by atoms with van der Waals surface area (Å²) in [7, 11) is 1.76. The number of imidazole rings is 1. The van der Waals surface area contributed by atoms with E-state index in [1.54, 1.807) is 11.9 Å². The van der Waals surface area contributed by atoms with Gasteiger partial charge in [0.2, 0.25) is 0 Å². The van der Waals surface area contributed by atoms with E-state index in [1.165, 1.54) is 12.8 Å². The predicted octanol–water partition coefficient (Wildman–Crippen LogP) is 1.73. The third-order valence-electron chi connectivity index (χ3n) is 5.43. The van der Waals surface area contributed by atoms with Crippen molar-refractivity contribution >= 4 is 12.1 Å². The number of carbonyl (C=O) groups excluding carboxylic acids is 2. The van der Waals surface area contributed by atoms with Crippen LogP contribution >= 0.6 is 0 Å². The van der Waals surface area contributed by atoms with Gasteiger partial charge in [0.1, 0.15) is 5.60 Å². The summed E-state index contributed by atoms with van der Waals surface area (Å²) in [5.74, 6) is 0. The van der Waals surface area contributed by atoms with E-state index >= 15 is 0 Å². The average molecular weight is 347 g/mol. The van der Waals surface area contributed by atoms with E-state index in [9.17, 15) is 9.59 Å². The maximum Gasteiger partial charge on any atom is 0.410 e. The molecule has 0 unspecified atom stereocenters. The monoisotopic (exact) mass is 347 g/mol. The Morgan fingerprint density at radius 3 is 2.96 bits per heavy atom. The lowest BCUT2D eigenvalue weighted by Gasteiger charge is -2.25. The van der Waals surface area contributed by atoms with E-state index < -0.39 is 5.60 Å². The molecule has 8 nitrogen and oxygen atoms in total. The third kappa shape index (κ3) is 3.29. The van der Waals surface area contributed by atoms with Gasteiger partial charge in [-0.3, -0.25) is 0 Å². The molecule has 1 aliphatic carbocycles. The third-order valence-corrected chi connectivity index (χ3v) is 5.43. The zero-order valence-corrected chi connectivity index (χ0v) is 14.6.